The highest BCUT2D eigenvalue weighted by atomic mass is 35.5. The van der Waals surface area contributed by atoms with Crippen molar-refractivity contribution >= 4 is 17.6 Å². The zero-order valence-corrected chi connectivity index (χ0v) is 9.09. The number of hydrogen-bond acceptors (Lipinski definition) is 3. The Kier molecular flexibility index (Phi) is 3.83. The van der Waals surface area contributed by atoms with Gasteiger partial charge in [0.05, 0.1) is 17.7 Å². The van der Waals surface area contributed by atoms with Gasteiger partial charge in [-0.05, 0) is 12.1 Å². The molecular formula is C10H9ClF2O3. The number of aliphatic hydroxyl groups is 1. The van der Waals surface area contributed by atoms with Crippen molar-refractivity contribution in [1.82, 2.24) is 0 Å². The summed E-state index contributed by atoms with van der Waals surface area (Å²) >= 11 is 5.65. The molecule has 16 heavy (non-hydrogen) atoms. The molecule has 0 bridgehead atoms. The third-order valence-electron chi connectivity index (χ3n) is 2.00. The summed E-state index contributed by atoms with van der Waals surface area (Å²) in [6.07, 6.45) is 0. The zero-order valence-electron chi connectivity index (χ0n) is 8.34. The van der Waals surface area contributed by atoms with E-state index < -0.39 is 24.1 Å². The molecule has 1 N–H and O–H groups in total. The van der Waals surface area contributed by atoms with Crippen LogP contribution in [0.15, 0.2) is 18.2 Å². The van der Waals surface area contributed by atoms with Gasteiger partial charge in [-0.3, -0.25) is 0 Å². The minimum absolute atomic E-state index is 0.00153. The predicted molar refractivity (Wildman–Crippen MR) is 53.8 cm³/mol. The molecule has 0 amide bonds. The monoisotopic (exact) mass is 250 g/mol. The Hall–Kier alpha value is -1.20. The van der Waals surface area contributed by atoms with Crippen molar-refractivity contribution in [3.63, 3.8) is 0 Å². The summed E-state index contributed by atoms with van der Waals surface area (Å²) in [6, 6.07) is 3.09. The fraction of sp³-hybridized carbons (Fsp3) is 0.300. The second kappa shape index (κ2) is 4.76. The Morgan fingerprint density at radius 1 is 1.56 bits per heavy atom. The molecule has 0 unspecified atom stereocenters. The highest BCUT2D eigenvalue weighted by Gasteiger charge is 2.31. The van der Waals surface area contributed by atoms with Crippen LogP contribution in [0.25, 0.3) is 0 Å². The first kappa shape index (κ1) is 12.9. The Labute approximate surface area is 95.6 Å². The van der Waals surface area contributed by atoms with Crippen LogP contribution in [0.4, 0.5) is 8.78 Å². The largest absolute Gasteiger partial charge is 0.465 e. The number of ether oxygens (including phenoxy) is 1. The number of esters is 1. The van der Waals surface area contributed by atoms with Crippen LogP contribution in [0.2, 0.25) is 5.02 Å². The van der Waals surface area contributed by atoms with Gasteiger partial charge >= 0.3 is 5.97 Å². The zero-order chi connectivity index (χ0) is 12.3. The Balaban J connectivity index is 3.14. The predicted octanol–water partition coefficient (Wildman–Crippen LogP) is 2.21. The van der Waals surface area contributed by atoms with Crippen molar-refractivity contribution in [2.45, 2.75) is 5.92 Å². The maximum Gasteiger partial charge on any atom is 0.339 e. The van der Waals surface area contributed by atoms with E-state index in [9.17, 15) is 13.6 Å². The number of rotatable bonds is 3. The van der Waals surface area contributed by atoms with Gasteiger partial charge in [-0.1, -0.05) is 17.7 Å². The molecule has 0 heterocycles. The molecule has 1 aromatic carbocycles. The summed E-state index contributed by atoms with van der Waals surface area (Å²) in [6.45, 7) is -1.32. The molecule has 88 valence electrons. The van der Waals surface area contributed by atoms with Crippen LogP contribution in [-0.4, -0.2) is 24.8 Å². The first-order valence-electron chi connectivity index (χ1n) is 4.29. The average Bonchev–Trinajstić information content (AvgIpc) is 2.28. The second-order valence-corrected chi connectivity index (χ2v) is 3.46. The molecule has 0 radical (unpaired) electrons. The first-order valence-corrected chi connectivity index (χ1v) is 4.67. The molecule has 0 saturated carbocycles. The van der Waals surface area contributed by atoms with E-state index in [0.717, 1.165) is 25.3 Å². The van der Waals surface area contributed by atoms with Gasteiger partial charge in [0.1, 0.15) is 6.61 Å². The maximum absolute atomic E-state index is 13.1. The molecule has 1 aromatic rings. The van der Waals surface area contributed by atoms with Gasteiger partial charge in [-0.25, -0.2) is 4.79 Å². The Bertz CT molecular complexity index is 407. The smallest absolute Gasteiger partial charge is 0.339 e. The highest BCUT2D eigenvalue weighted by Crippen LogP contribution is 2.30. The first-order chi connectivity index (χ1) is 7.42. The van der Waals surface area contributed by atoms with E-state index >= 15 is 0 Å². The van der Waals surface area contributed by atoms with Gasteiger partial charge in [-0.15, -0.1) is 0 Å². The molecule has 0 aliphatic heterocycles. The second-order valence-electron chi connectivity index (χ2n) is 3.05. The molecule has 0 saturated heterocycles. The molecule has 0 aliphatic rings. The van der Waals surface area contributed by atoms with Crippen molar-refractivity contribution in [2.75, 3.05) is 13.7 Å². The van der Waals surface area contributed by atoms with E-state index in [4.69, 9.17) is 16.7 Å². The minimum atomic E-state index is -3.38. The van der Waals surface area contributed by atoms with Crippen molar-refractivity contribution in [3.05, 3.63) is 34.3 Å². The van der Waals surface area contributed by atoms with Crippen molar-refractivity contribution in [2.24, 2.45) is 0 Å². The average molecular weight is 251 g/mol. The summed E-state index contributed by atoms with van der Waals surface area (Å²) in [5.41, 5.74) is -0.450. The lowest BCUT2D eigenvalue weighted by Crippen LogP contribution is -2.18. The molecule has 0 atom stereocenters. The van der Waals surface area contributed by atoms with Crippen LogP contribution >= 0.6 is 11.6 Å². The summed E-state index contributed by atoms with van der Waals surface area (Å²) in [4.78, 5) is 11.1. The van der Waals surface area contributed by atoms with Crippen molar-refractivity contribution < 1.29 is 23.4 Å². The number of methoxy groups -OCH3 is 1. The van der Waals surface area contributed by atoms with Gasteiger partial charge in [0.25, 0.3) is 5.92 Å². The molecular weight excluding hydrogens is 242 g/mol. The molecule has 0 aliphatic carbocycles. The Morgan fingerprint density at radius 2 is 2.19 bits per heavy atom. The number of hydrogen-bond donors (Lipinski definition) is 1. The third kappa shape index (κ3) is 2.48. The molecule has 3 nitrogen and oxygen atoms in total. The molecule has 0 fully saturated rings. The summed E-state index contributed by atoms with van der Waals surface area (Å²) in [5.74, 6) is -4.08. The van der Waals surface area contributed by atoms with Gasteiger partial charge in [-0.2, -0.15) is 8.78 Å². The van der Waals surface area contributed by atoms with Gasteiger partial charge < -0.3 is 9.84 Å². The van der Waals surface area contributed by atoms with E-state index in [0.29, 0.717) is 0 Å². The molecule has 0 spiro atoms. The normalized spacial score (nSPS) is 11.3. The number of carbonyl (C=O) groups excluding carboxylic acids is 1. The molecule has 1 rings (SSSR count). The van der Waals surface area contributed by atoms with Gasteiger partial charge in [0.2, 0.25) is 0 Å². The van der Waals surface area contributed by atoms with Crippen LogP contribution in [0.5, 0.6) is 0 Å². The molecule has 0 aromatic heterocycles. The number of alkyl halides is 2. The highest BCUT2D eigenvalue weighted by molar-refractivity contribution is 6.33. The quantitative estimate of drug-likeness (QED) is 0.837. The number of benzene rings is 1. The fourth-order valence-electron chi connectivity index (χ4n) is 1.11. The third-order valence-corrected chi connectivity index (χ3v) is 2.31. The standard InChI is InChI=1S/C10H9ClF2O3/c1-16-9(15)7-3-2-6(4-8(7)11)10(12,13)5-14/h2-4,14H,5H2,1H3. The van der Waals surface area contributed by atoms with Crippen LogP contribution < -0.4 is 0 Å². The fourth-order valence-corrected chi connectivity index (χ4v) is 1.37. The number of halogens is 3. The lowest BCUT2D eigenvalue weighted by molar-refractivity contribution is -0.0556. The lowest BCUT2D eigenvalue weighted by atomic mass is 10.1. The van der Waals surface area contributed by atoms with Crippen molar-refractivity contribution in [3.8, 4) is 0 Å². The topological polar surface area (TPSA) is 46.5 Å². The van der Waals surface area contributed by atoms with Gasteiger partial charge in [0.15, 0.2) is 0 Å². The van der Waals surface area contributed by atoms with E-state index in [-0.39, 0.29) is 10.6 Å². The van der Waals surface area contributed by atoms with Crippen LogP contribution in [-0.2, 0) is 10.7 Å². The summed E-state index contributed by atoms with van der Waals surface area (Å²) in [5, 5.41) is 8.34. The molecule has 6 heteroatoms. The maximum atomic E-state index is 13.1. The number of aliphatic hydroxyl groups excluding tert-OH is 1. The van der Waals surface area contributed by atoms with E-state index in [1.165, 1.54) is 0 Å². The van der Waals surface area contributed by atoms with Gasteiger partial charge in [0, 0.05) is 5.56 Å². The minimum Gasteiger partial charge on any atom is -0.465 e. The van der Waals surface area contributed by atoms with Crippen LogP contribution in [0.1, 0.15) is 15.9 Å². The van der Waals surface area contributed by atoms with Crippen molar-refractivity contribution in [1.29, 1.82) is 0 Å². The Morgan fingerprint density at radius 3 is 2.62 bits per heavy atom. The lowest BCUT2D eigenvalue weighted by Gasteiger charge is -2.14. The van der Waals surface area contributed by atoms with Crippen LogP contribution in [0.3, 0.4) is 0 Å². The summed E-state index contributed by atoms with van der Waals surface area (Å²) in [7, 11) is 1.16. The van der Waals surface area contributed by atoms with Crippen LogP contribution in [0, 0.1) is 0 Å². The number of carbonyl (C=O) groups is 1. The SMILES string of the molecule is COC(=O)c1ccc(C(F)(F)CO)cc1Cl. The summed E-state index contributed by atoms with van der Waals surface area (Å²) < 4.78 is 30.5. The van der Waals surface area contributed by atoms with E-state index in [1.54, 1.807) is 0 Å². The van der Waals surface area contributed by atoms with E-state index in [2.05, 4.69) is 4.74 Å². The van der Waals surface area contributed by atoms with E-state index in [1.807, 2.05) is 0 Å².